The Morgan fingerprint density at radius 2 is 1.95 bits per heavy atom. The zero-order valence-corrected chi connectivity index (χ0v) is 12.3. The van der Waals surface area contributed by atoms with Gasteiger partial charge in [0.05, 0.1) is 10.7 Å². The Bertz CT molecular complexity index is 521. The minimum atomic E-state index is -0.185. The van der Waals surface area contributed by atoms with Gasteiger partial charge in [0.2, 0.25) is 0 Å². The molecule has 102 valence electrons. The number of benzene rings is 1. The fourth-order valence-electron chi connectivity index (χ4n) is 2.12. The van der Waals surface area contributed by atoms with Crippen LogP contribution in [-0.4, -0.2) is 11.0 Å². The quantitative estimate of drug-likeness (QED) is 0.898. The molecule has 2 unspecified atom stereocenters. The first-order valence-corrected chi connectivity index (χ1v) is 7.35. The largest absolute Gasteiger partial charge is 0.306 e. The van der Waals surface area contributed by atoms with Gasteiger partial charge in [-0.3, -0.25) is 0 Å². The first-order valence-electron chi connectivity index (χ1n) is 6.47. The summed E-state index contributed by atoms with van der Waals surface area (Å²) in [6, 6.07) is 7.25. The highest BCUT2D eigenvalue weighted by atomic mass is 32.1. The summed E-state index contributed by atoms with van der Waals surface area (Å²) in [5, 5.41) is 6.71. The molecule has 0 amide bonds. The van der Waals surface area contributed by atoms with Crippen molar-refractivity contribution in [2.45, 2.75) is 39.3 Å². The van der Waals surface area contributed by atoms with Gasteiger partial charge in [0.1, 0.15) is 5.82 Å². The van der Waals surface area contributed by atoms with Crippen molar-refractivity contribution < 1.29 is 4.39 Å². The SMILES string of the molecule is Cc1nc(C(C)NC(C)Cc2ccc(F)cc2)cs1. The summed E-state index contributed by atoms with van der Waals surface area (Å²) in [5.74, 6) is -0.185. The van der Waals surface area contributed by atoms with Crippen LogP contribution in [0.15, 0.2) is 29.6 Å². The number of nitrogens with zero attached hydrogens (tertiary/aromatic N) is 1. The molecule has 0 aliphatic rings. The molecular weight excluding hydrogens is 259 g/mol. The summed E-state index contributed by atoms with van der Waals surface area (Å²) < 4.78 is 12.8. The second kappa shape index (κ2) is 6.26. The van der Waals surface area contributed by atoms with Crippen LogP contribution in [0.1, 0.15) is 36.2 Å². The molecule has 0 radical (unpaired) electrons. The molecule has 0 fully saturated rings. The standard InChI is InChI=1S/C15H19FN2S/c1-10(8-13-4-6-14(16)7-5-13)17-11(2)15-9-19-12(3)18-15/h4-7,9-11,17H,8H2,1-3H3. The highest BCUT2D eigenvalue weighted by Crippen LogP contribution is 2.17. The first kappa shape index (κ1) is 14.2. The molecule has 1 N–H and O–H groups in total. The monoisotopic (exact) mass is 278 g/mol. The maximum absolute atomic E-state index is 12.8. The maximum atomic E-state index is 12.8. The molecule has 0 aliphatic heterocycles. The van der Waals surface area contributed by atoms with E-state index >= 15 is 0 Å². The lowest BCUT2D eigenvalue weighted by atomic mass is 10.1. The van der Waals surface area contributed by atoms with Crippen molar-refractivity contribution in [3.63, 3.8) is 0 Å². The van der Waals surface area contributed by atoms with Crippen LogP contribution in [0.5, 0.6) is 0 Å². The Kier molecular flexibility index (Phi) is 4.66. The van der Waals surface area contributed by atoms with Crippen molar-refractivity contribution in [2.75, 3.05) is 0 Å². The van der Waals surface area contributed by atoms with Crippen LogP contribution in [-0.2, 0) is 6.42 Å². The molecule has 0 saturated heterocycles. The number of rotatable bonds is 5. The first-order chi connectivity index (χ1) is 9.04. The third-order valence-electron chi connectivity index (χ3n) is 3.07. The zero-order chi connectivity index (χ0) is 13.8. The number of halogens is 1. The van der Waals surface area contributed by atoms with E-state index in [0.29, 0.717) is 6.04 Å². The van der Waals surface area contributed by atoms with E-state index in [-0.39, 0.29) is 11.9 Å². The van der Waals surface area contributed by atoms with E-state index in [1.54, 1.807) is 11.3 Å². The number of nitrogens with one attached hydrogen (secondary N) is 1. The fraction of sp³-hybridized carbons (Fsp3) is 0.400. The average molecular weight is 278 g/mol. The van der Waals surface area contributed by atoms with Gasteiger partial charge in [-0.25, -0.2) is 9.37 Å². The molecule has 19 heavy (non-hydrogen) atoms. The molecular formula is C15H19FN2S. The lowest BCUT2D eigenvalue weighted by molar-refractivity contribution is 0.471. The van der Waals surface area contributed by atoms with Crippen molar-refractivity contribution in [1.82, 2.24) is 10.3 Å². The molecule has 2 aromatic rings. The number of aryl methyl sites for hydroxylation is 1. The van der Waals surface area contributed by atoms with Gasteiger partial charge in [0.25, 0.3) is 0 Å². The van der Waals surface area contributed by atoms with Crippen molar-refractivity contribution in [3.05, 3.63) is 51.7 Å². The van der Waals surface area contributed by atoms with Crippen LogP contribution in [0, 0.1) is 12.7 Å². The van der Waals surface area contributed by atoms with Gasteiger partial charge >= 0.3 is 0 Å². The van der Waals surface area contributed by atoms with Crippen molar-refractivity contribution >= 4 is 11.3 Å². The van der Waals surface area contributed by atoms with Crippen LogP contribution in [0.4, 0.5) is 4.39 Å². The lowest BCUT2D eigenvalue weighted by Gasteiger charge is -2.18. The molecule has 2 atom stereocenters. The third kappa shape index (κ3) is 4.11. The van der Waals surface area contributed by atoms with Gasteiger partial charge in [0.15, 0.2) is 0 Å². The normalized spacial score (nSPS) is 14.3. The summed E-state index contributed by atoms with van der Waals surface area (Å²) in [4.78, 5) is 4.49. The molecule has 0 aliphatic carbocycles. The molecule has 1 heterocycles. The second-order valence-corrected chi connectivity index (χ2v) is 5.97. The van der Waals surface area contributed by atoms with E-state index in [0.717, 1.165) is 22.7 Å². The smallest absolute Gasteiger partial charge is 0.123 e. The van der Waals surface area contributed by atoms with Crippen molar-refractivity contribution in [1.29, 1.82) is 0 Å². The second-order valence-electron chi connectivity index (χ2n) is 4.91. The molecule has 0 saturated carbocycles. The summed E-state index contributed by atoms with van der Waals surface area (Å²) >= 11 is 1.67. The van der Waals surface area contributed by atoms with Crippen LogP contribution in [0.3, 0.4) is 0 Å². The highest BCUT2D eigenvalue weighted by molar-refractivity contribution is 7.09. The Morgan fingerprint density at radius 3 is 2.53 bits per heavy atom. The van der Waals surface area contributed by atoms with Crippen molar-refractivity contribution in [3.8, 4) is 0 Å². The minimum absolute atomic E-state index is 0.185. The number of aromatic nitrogens is 1. The van der Waals surface area contributed by atoms with E-state index in [1.165, 1.54) is 12.1 Å². The Hall–Kier alpha value is -1.26. The minimum Gasteiger partial charge on any atom is -0.306 e. The van der Waals surface area contributed by atoms with E-state index in [4.69, 9.17) is 0 Å². The molecule has 4 heteroatoms. The van der Waals surface area contributed by atoms with Gasteiger partial charge in [-0.05, 0) is 44.9 Å². The Balaban J connectivity index is 1.90. The number of hydrogen-bond acceptors (Lipinski definition) is 3. The number of thiazole rings is 1. The summed E-state index contributed by atoms with van der Waals surface area (Å²) in [6.45, 7) is 6.28. The van der Waals surface area contributed by atoms with Gasteiger partial charge in [-0.1, -0.05) is 12.1 Å². The molecule has 0 spiro atoms. The Labute approximate surface area is 117 Å². The average Bonchev–Trinajstić information content (AvgIpc) is 2.79. The topological polar surface area (TPSA) is 24.9 Å². The van der Waals surface area contributed by atoms with Gasteiger partial charge in [0, 0.05) is 17.5 Å². The Morgan fingerprint density at radius 1 is 1.26 bits per heavy atom. The molecule has 0 bridgehead atoms. The number of hydrogen-bond donors (Lipinski definition) is 1. The van der Waals surface area contributed by atoms with Crippen LogP contribution in [0.2, 0.25) is 0 Å². The van der Waals surface area contributed by atoms with E-state index < -0.39 is 0 Å². The fourth-order valence-corrected chi connectivity index (χ4v) is 2.83. The molecule has 1 aromatic carbocycles. The van der Waals surface area contributed by atoms with Crippen LogP contribution < -0.4 is 5.32 Å². The van der Waals surface area contributed by atoms with Gasteiger partial charge in [-0.15, -0.1) is 11.3 Å². The van der Waals surface area contributed by atoms with Gasteiger partial charge in [-0.2, -0.15) is 0 Å². The third-order valence-corrected chi connectivity index (χ3v) is 3.86. The lowest BCUT2D eigenvalue weighted by Crippen LogP contribution is -2.30. The predicted octanol–water partition coefficient (Wildman–Crippen LogP) is 3.87. The molecule has 2 nitrogen and oxygen atoms in total. The summed E-state index contributed by atoms with van der Waals surface area (Å²) in [7, 11) is 0. The van der Waals surface area contributed by atoms with Crippen molar-refractivity contribution in [2.24, 2.45) is 0 Å². The van der Waals surface area contributed by atoms with Crippen LogP contribution in [0.25, 0.3) is 0 Å². The molecule has 1 aromatic heterocycles. The van der Waals surface area contributed by atoms with Crippen LogP contribution >= 0.6 is 11.3 Å². The zero-order valence-electron chi connectivity index (χ0n) is 11.5. The van der Waals surface area contributed by atoms with E-state index in [1.807, 2.05) is 19.1 Å². The van der Waals surface area contributed by atoms with E-state index in [2.05, 4.69) is 29.5 Å². The maximum Gasteiger partial charge on any atom is 0.123 e. The predicted molar refractivity (Wildman–Crippen MR) is 78.0 cm³/mol. The highest BCUT2D eigenvalue weighted by Gasteiger charge is 2.12. The van der Waals surface area contributed by atoms with Gasteiger partial charge < -0.3 is 5.32 Å². The van der Waals surface area contributed by atoms with E-state index in [9.17, 15) is 4.39 Å². The summed E-state index contributed by atoms with van der Waals surface area (Å²) in [6.07, 6.45) is 0.883. The molecule has 2 rings (SSSR count). The summed E-state index contributed by atoms with van der Waals surface area (Å²) in [5.41, 5.74) is 2.23.